The van der Waals surface area contributed by atoms with Crippen molar-refractivity contribution in [2.75, 3.05) is 26.7 Å². The van der Waals surface area contributed by atoms with Gasteiger partial charge in [0.05, 0.1) is 6.54 Å². The molecule has 0 aromatic heterocycles. The second-order valence-corrected chi connectivity index (χ2v) is 7.50. The van der Waals surface area contributed by atoms with E-state index in [0.29, 0.717) is 18.9 Å². The number of carbonyl (C=O) groups is 1. The Labute approximate surface area is 179 Å². The molecular weight excluding hydrogens is 376 g/mol. The van der Waals surface area contributed by atoms with Gasteiger partial charge in [0.2, 0.25) is 5.91 Å². The Bertz CT molecular complexity index is 830. The van der Waals surface area contributed by atoms with Crippen LogP contribution in [0.4, 0.5) is 0 Å². The topological polar surface area (TPSA) is 66.0 Å². The van der Waals surface area contributed by atoms with Crippen molar-refractivity contribution in [3.63, 3.8) is 0 Å². The number of ether oxygens (including phenoxy) is 1. The van der Waals surface area contributed by atoms with Gasteiger partial charge >= 0.3 is 0 Å². The lowest BCUT2D eigenvalue weighted by Gasteiger charge is -2.34. The number of nitrogens with zero attached hydrogens (tertiary/aromatic N) is 2. The predicted molar refractivity (Wildman–Crippen MR) is 121 cm³/mol. The molecule has 0 atom stereocenters. The summed E-state index contributed by atoms with van der Waals surface area (Å²) in [5, 5.41) is 6.14. The number of guanidine groups is 1. The van der Waals surface area contributed by atoms with Gasteiger partial charge in [-0.3, -0.25) is 4.79 Å². The average Bonchev–Trinajstić information content (AvgIpc) is 2.79. The van der Waals surface area contributed by atoms with Crippen molar-refractivity contribution in [1.29, 1.82) is 0 Å². The van der Waals surface area contributed by atoms with Crippen LogP contribution in [0.3, 0.4) is 0 Å². The highest BCUT2D eigenvalue weighted by Gasteiger charge is 2.23. The summed E-state index contributed by atoms with van der Waals surface area (Å²) in [5.74, 6) is 3.14. The molecular formula is C24H32N4O2. The van der Waals surface area contributed by atoms with Crippen LogP contribution < -0.4 is 15.4 Å². The molecule has 3 rings (SSSR count). The number of benzene rings is 2. The van der Waals surface area contributed by atoms with E-state index in [-0.39, 0.29) is 5.91 Å². The molecule has 1 amide bonds. The Balaban J connectivity index is 1.65. The Morgan fingerprint density at radius 3 is 2.50 bits per heavy atom. The number of carbonyl (C=O) groups excluding carboxylic acids is 1. The summed E-state index contributed by atoms with van der Waals surface area (Å²) in [6, 6.07) is 17.8. The minimum atomic E-state index is 0.129. The lowest BCUT2D eigenvalue weighted by molar-refractivity contribution is -0.121. The van der Waals surface area contributed by atoms with Crippen LogP contribution in [-0.4, -0.2) is 43.4 Å². The van der Waals surface area contributed by atoms with E-state index in [1.807, 2.05) is 48.5 Å². The second kappa shape index (κ2) is 11.2. The van der Waals surface area contributed by atoms with Crippen molar-refractivity contribution in [3.05, 3.63) is 60.2 Å². The molecule has 0 aliphatic carbocycles. The fourth-order valence-corrected chi connectivity index (χ4v) is 3.65. The van der Waals surface area contributed by atoms with E-state index >= 15 is 0 Å². The maximum Gasteiger partial charge on any atom is 0.220 e. The van der Waals surface area contributed by atoms with E-state index in [0.717, 1.165) is 55.5 Å². The highest BCUT2D eigenvalue weighted by Crippen LogP contribution is 2.26. The van der Waals surface area contributed by atoms with Crippen LogP contribution in [0, 0.1) is 5.92 Å². The fraction of sp³-hybridized carbons (Fsp3) is 0.417. The second-order valence-electron chi connectivity index (χ2n) is 7.50. The third-order valence-electron chi connectivity index (χ3n) is 5.34. The van der Waals surface area contributed by atoms with Crippen LogP contribution in [0.1, 0.15) is 31.7 Å². The van der Waals surface area contributed by atoms with Crippen molar-refractivity contribution in [3.8, 4) is 11.5 Å². The van der Waals surface area contributed by atoms with E-state index in [2.05, 4.69) is 28.5 Å². The molecule has 1 fully saturated rings. The molecule has 1 heterocycles. The number of para-hydroxylation sites is 2. The first-order chi connectivity index (χ1) is 14.7. The summed E-state index contributed by atoms with van der Waals surface area (Å²) >= 11 is 0. The quantitative estimate of drug-likeness (QED) is 0.540. The van der Waals surface area contributed by atoms with Crippen LogP contribution in [0.15, 0.2) is 59.6 Å². The zero-order valence-corrected chi connectivity index (χ0v) is 17.9. The molecule has 160 valence electrons. The molecule has 2 N–H and O–H groups in total. The van der Waals surface area contributed by atoms with Crippen molar-refractivity contribution in [2.24, 2.45) is 10.9 Å². The molecule has 6 nitrogen and oxygen atoms in total. The summed E-state index contributed by atoms with van der Waals surface area (Å²) in [5.41, 5.74) is 1.05. The highest BCUT2D eigenvalue weighted by molar-refractivity contribution is 5.80. The molecule has 0 unspecified atom stereocenters. The van der Waals surface area contributed by atoms with Crippen LogP contribution in [0.25, 0.3) is 0 Å². The van der Waals surface area contributed by atoms with Gasteiger partial charge in [0.15, 0.2) is 5.96 Å². The van der Waals surface area contributed by atoms with Crippen molar-refractivity contribution < 1.29 is 9.53 Å². The lowest BCUT2D eigenvalue weighted by Crippen LogP contribution is -2.46. The number of nitrogens with one attached hydrogen (secondary N) is 2. The first-order valence-corrected chi connectivity index (χ1v) is 10.7. The van der Waals surface area contributed by atoms with Crippen LogP contribution in [0.5, 0.6) is 11.5 Å². The van der Waals surface area contributed by atoms with E-state index in [1.54, 1.807) is 7.05 Å². The van der Waals surface area contributed by atoms with E-state index in [4.69, 9.17) is 9.73 Å². The zero-order chi connectivity index (χ0) is 21.2. The summed E-state index contributed by atoms with van der Waals surface area (Å²) in [6.07, 6.45) is 2.62. The van der Waals surface area contributed by atoms with E-state index in [9.17, 15) is 4.79 Å². The number of hydrogen-bond donors (Lipinski definition) is 2. The molecule has 1 saturated heterocycles. The molecule has 6 heteroatoms. The first-order valence-electron chi connectivity index (χ1n) is 10.7. The largest absolute Gasteiger partial charge is 0.457 e. The van der Waals surface area contributed by atoms with Gasteiger partial charge in [-0.1, -0.05) is 36.4 Å². The average molecular weight is 409 g/mol. The maximum atomic E-state index is 11.6. The molecule has 0 saturated carbocycles. The number of rotatable bonds is 7. The van der Waals surface area contributed by atoms with Gasteiger partial charge in [0, 0.05) is 38.7 Å². The van der Waals surface area contributed by atoms with Gasteiger partial charge in [-0.25, -0.2) is 4.99 Å². The monoisotopic (exact) mass is 408 g/mol. The maximum absolute atomic E-state index is 11.6. The molecule has 30 heavy (non-hydrogen) atoms. The third kappa shape index (κ3) is 6.24. The Kier molecular flexibility index (Phi) is 8.12. The molecule has 2 aromatic carbocycles. The van der Waals surface area contributed by atoms with Crippen molar-refractivity contribution >= 4 is 11.9 Å². The molecule has 1 aliphatic rings. The van der Waals surface area contributed by atoms with Crippen molar-refractivity contribution in [1.82, 2.24) is 15.5 Å². The predicted octanol–water partition coefficient (Wildman–Crippen LogP) is 3.79. The smallest absolute Gasteiger partial charge is 0.220 e. The van der Waals surface area contributed by atoms with Gasteiger partial charge in [0.1, 0.15) is 11.5 Å². The van der Waals surface area contributed by atoms with Gasteiger partial charge in [-0.05, 0) is 43.9 Å². The van der Waals surface area contributed by atoms with Crippen LogP contribution in [0.2, 0.25) is 0 Å². The highest BCUT2D eigenvalue weighted by atomic mass is 16.5. The minimum Gasteiger partial charge on any atom is -0.457 e. The summed E-state index contributed by atoms with van der Waals surface area (Å²) in [7, 11) is 1.70. The van der Waals surface area contributed by atoms with Gasteiger partial charge in [-0.2, -0.15) is 0 Å². The summed E-state index contributed by atoms with van der Waals surface area (Å²) < 4.78 is 6.07. The van der Waals surface area contributed by atoms with Gasteiger partial charge in [-0.15, -0.1) is 0 Å². The standard InChI is InChI=1S/C24H32N4O2/c1-3-26-24(28-15-13-19(14-16-28)17-23(29)25-2)27-18-20-9-7-8-12-22(20)30-21-10-5-4-6-11-21/h4-12,19H,3,13-18H2,1-2H3,(H,25,29)(H,26,27). The number of amides is 1. The molecule has 0 bridgehead atoms. The Hall–Kier alpha value is -3.02. The Morgan fingerprint density at radius 1 is 1.10 bits per heavy atom. The fourth-order valence-electron chi connectivity index (χ4n) is 3.65. The van der Waals surface area contributed by atoms with E-state index in [1.165, 1.54) is 0 Å². The number of piperidine rings is 1. The normalized spacial score (nSPS) is 15.0. The zero-order valence-electron chi connectivity index (χ0n) is 17.9. The van der Waals surface area contributed by atoms with Gasteiger partial charge in [0.25, 0.3) is 0 Å². The molecule has 0 radical (unpaired) electrons. The number of hydrogen-bond acceptors (Lipinski definition) is 3. The third-order valence-corrected chi connectivity index (χ3v) is 5.34. The summed E-state index contributed by atoms with van der Waals surface area (Å²) in [6.45, 7) is 5.27. The summed E-state index contributed by atoms with van der Waals surface area (Å²) in [4.78, 5) is 18.8. The van der Waals surface area contributed by atoms with E-state index < -0.39 is 0 Å². The van der Waals surface area contributed by atoms with Crippen LogP contribution >= 0.6 is 0 Å². The minimum absolute atomic E-state index is 0.129. The molecule has 2 aromatic rings. The van der Waals surface area contributed by atoms with Gasteiger partial charge < -0.3 is 20.3 Å². The number of aliphatic imine (C=N–C) groups is 1. The van der Waals surface area contributed by atoms with Crippen molar-refractivity contribution in [2.45, 2.75) is 32.7 Å². The lowest BCUT2D eigenvalue weighted by atomic mass is 9.93. The first kappa shape index (κ1) is 21.7. The SMILES string of the molecule is CCNC(=NCc1ccccc1Oc1ccccc1)N1CCC(CC(=O)NC)CC1. The van der Waals surface area contributed by atoms with Crippen LogP contribution in [-0.2, 0) is 11.3 Å². The number of likely N-dealkylation sites (tertiary alicyclic amines) is 1. The molecule has 1 aliphatic heterocycles. The molecule has 0 spiro atoms. The Morgan fingerprint density at radius 2 is 1.80 bits per heavy atom.